The number of phenolic OH excluding ortho intramolecular Hbond substituents is 1. The number of aromatic nitrogens is 1. The molecule has 1 atom stereocenters. The van der Waals surface area contributed by atoms with E-state index < -0.39 is 24.1 Å². The van der Waals surface area contributed by atoms with Gasteiger partial charge in [0.2, 0.25) is 0 Å². The minimum atomic E-state index is -0.732. The van der Waals surface area contributed by atoms with E-state index in [1.165, 1.54) is 31.4 Å². The van der Waals surface area contributed by atoms with Crippen LogP contribution in [0.4, 0.5) is 15.0 Å². The molecule has 2 fully saturated rings. The normalized spacial score (nSPS) is 15.9. The number of phenols is 1. The van der Waals surface area contributed by atoms with Gasteiger partial charge in [-0.15, -0.1) is 0 Å². The molecule has 4 aromatic rings. The molecule has 14 heteroatoms. The van der Waals surface area contributed by atoms with Crippen LogP contribution in [0.2, 0.25) is 0 Å². The highest BCUT2D eigenvalue weighted by Gasteiger charge is 2.28. The minimum absolute atomic E-state index is 0.119. The Morgan fingerprint density at radius 3 is 2.49 bits per heavy atom. The predicted molar refractivity (Wildman–Crippen MR) is 200 cm³/mol. The van der Waals surface area contributed by atoms with Crippen LogP contribution in [0, 0.1) is 28.5 Å². The molecule has 3 heterocycles. The first-order chi connectivity index (χ1) is 26.8. The molecule has 3 N–H and O–H groups in total. The molecule has 6 rings (SSSR count). The Balaban J connectivity index is 1.06. The average molecular weight is 747 g/mol. The number of nitriles is 2. The molecule has 0 bridgehead atoms. The molecule has 2 saturated heterocycles. The van der Waals surface area contributed by atoms with E-state index in [1.807, 2.05) is 35.2 Å². The number of ether oxygens (including phenoxy) is 3. The number of halogens is 1. The van der Waals surface area contributed by atoms with Crippen LogP contribution in [0.1, 0.15) is 54.4 Å². The Morgan fingerprint density at radius 2 is 1.82 bits per heavy atom. The summed E-state index contributed by atoms with van der Waals surface area (Å²) in [5.41, 5.74) is 5.83. The number of nitrogens with zero attached hydrogens (tertiary/aromatic N) is 4. The van der Waals surface area contributed by atoms with Gasteiger partial charge in [0.1, 0.15) is 35.4 Å². The number of pyridine rings is 1. The lowest BCUT2D eigenvalue weighted by atomic mass is 9.91. The number of piperidine rings is 1. The number of rotatable bonds is 11. The van der Waals surface area contributed by atoms with Gasteiger partial charge in [0.05, 0.1) is 12.7 Å². The summed E-state index contributed by atoms with van der Waals surface area (Å²) in [5.74, 6) is -0.606. The molecule has 282 valence electrons. The average Bonchev–Trinajstić information content (AvgIpc) is 3.21. The zero-order valence-electron chi connectivity index (χ0n) is 30.1. The third-order valence-electron chi connectivity index (χ3n) is 9.33. The van der Waals surface area contributed by atoms with Crippen LogP contribution >= 0.6 is 0 Å². The molecule has 1 unspecified atom stereocenters. The number of hydrogen-bond donors (Lipinski definition) is 3. The van der Waals surface area contributed by atoms with Gasteiger partial charge in [0, 0.05) is 68.9 Å². The second-order valence-corrected chi connectivity index (χ2v) is 13.0. The van der Waals surface area contributed by atoms with Gasteiger partial charge in [-0.25, -0.2) is 24.5 Å². The number of nitrogens with one attached hydrogen (secondary N) is 2. The topological polar surface area (TPSA) is 179 Å². The van der Waals surface area contributed by atoms with Crippen molar-refractivity contribution < 1.29 is 38.1 Å². The minimum Gasteiger partial charge on any atom is -0.504 e. The molecule has 1 aromatic heterocycles. The first kappa shape index (κ1) is 38.3. The molecule has 0 spiro atoms. The molecule has 2 aliphatic rings. The number of benzene rings is 3. The fourth-order valence-electron chi connectivity index (χ4n) is 6.42. The lowest BCUT2D eigenvalue weighted by Gasteiger charge is -2.33. The summed E-state index contributed by atoms with van der Waals surface area (Å²) < 4.78 is 31.2. The zero-order chi connectivity index (χ0) is 38.7. The number of amides is 2. The Labute approximate surface area is 317 Å². The summed E-state index contributed by atoms with van der Waals surface area (Å²) in [5, 5.41) is 33.1. The van der Waals surface area contributed by atoms with E-state index in [9.17, 15) is 29.6 Å². The van der Waals surface area contributed by atoms with E-state index >= 15 is 0 Å². The molecule has 13 nitrogen and oxygen atoms in total. The second kappa shape index (κ2) is 18.0. The van der Waals surface area contributed by atoms with Crippen molar-refractivity contribution in [2.75, 3.05) is 31.7 Å². The van der Waals surface area contributed by atoms with E-state index in [2.05, 4.69) is 21.9 Å². The second-order valence-electron chi connectivity index (χ2n) is 13.0. The largest absolute Gasteiger partial charge is 0.504 e. The van der Waals surface area contributed by atoms with Gasteiger partial charge in [-0.05, 0) is 65.4 Å². The summed E-state index contributed by atoms with van der Waals surface area (Å²) in [6.07, 6.45) is 6.90. The van der Waals surface area contributed by atoms with Crippen LogP contribution < -0.4 is 20.4 Å². The van der Waals surface area contributed by atoms with E-state index in [4.69, 9.17) is 19.0 Å². The number of methoxy groups -OCH3 is 1. The molecule has 3 aromatic carbocycles. The number of alkyl carbamates (subject to hydrolysis) is 1. The van der Waals surface area contributed by atoms with Gasteiger partial charge in [-0.1, -0.05) is 36.4 Å². The fourth-order valence-corrected chi connectivity index (χ4v) is 6.42. The lowest BCUT2D eigenvalue weighted by Crippen LogP contribution is -2.40. The van der Waals surface area contributed by atoms with Crippen molar-refractivity contribution in [3.05, 3.63) is 101 Å². The van der Waals surface area contributed by atoms with Crippen LogP contribution in [-0.4, -0.2) is 61.3 Å². The maximum Gasteiger partial charge on any atom is 0.407 e. The van der Waals surface area contributed by atoms with Crippen molar-refractivity contribution in [1.82, 2.24) is 15.8 Å². The van der Waals surface area contributed by atoms with E-state index in [-0.39, 0.29) is 35.3 Å². The Kier molecular flexibility index (Phi) is 12.5. The lowest BCUT2D eigenvalue weighted by molar-refractivity contribution is -0.198. The monoisotopic (exact) mass is 746 g/mol. The van der Waals surface area contributed by atoms with Crippen LogP contribution in [0.3, 0.4) is 0 Å². The zero-order valence-corrected chi connectivity index (χ0v) is 30.1. The van der Waals surface area contributed by atoms with E-state index in [0.29, 0.717) is 60.6 Å². The molecule has 0 saturated carbocycles. The molecule has 2 aliphatic heterocycles. The highest BCUT2D eigenvalue weighted by atomic mass is 19.1. The molecular formula is C41H39FN6O7. The number of anilines is 1. The van der Waals surface area contributed by atoms with Crippen molar-refractivity contribution >= 4 is 23.9 Å². The number of hydroxylamine groups is 1. The number of hydrogen-bond acceptors (Lipinski definition) is 11. The van der Waals surface area contributed by atoms with E-state index in [1.54, 1.807) is 30.5 Å². The summed E-state index contributed by atoms with van der Waals surface area (Å²) in [6.45, 7) is 1.71. The molecule has 0 aliphatic carbocycles. The molecule has 55 heavy (non-hydrogen) atoms. The quantitative estimate of drug-likeness (QED) is 0.113. The van der Waals surface area contributed by atoms with Crippen LogP contribution in [0.15, 0.2) is 72.9 Å². The maximum absolute atomic E-state index is 14.9. The van der Waals surface area contributed by atoms with Crippen molar-refractivity contribution in [1.29, 1.82) is 10.5 Å². The van der Waals surface area contributed by atoms with Crippen molar-refractivity contribution in [2.45, 2.75) is 51.0 Å². The summed E-state index contributed by atoms with van der Waals surface area (Å²) in [6, 6.07) is 20.3. The third kappa shape index (κ3) is 9.55. The SMILES string of the molecule is COc1ccc(-c2cnc(N3CCC(OC(=O)NCc4ccc(/C=C/C(=O)NOC5CCCCO5)cc4)CC3)c(C#N)c2-c2ccc(C#N)c(F)c2)cc1O. The number of aromatic hydroxyl groups is 1. The maximum atomic E-state index is 14.9. The van der Waals surface area contributed by atoms with Crippen LogP contribution in [-0.2, 0) is 25.7 Å². The Morgan fingerprint density at radius 1 is 1.04 bits per heavy atom. The highest BCUT2D eigenvalue weighted by molar-refractivity contribution is 5.91. The standard InChI is InChI=1S/C41H39FN6O7/c1-52-36-13-12-28(21-35(36)49)33-25-45-40(32(23-44)39(33)29-10-11-30(22-43)34(42)20-29)48-17-15-31(16-18-48)54-41(51)46-24-27-7-5-26(6-8-27)9-14-37(50)47-55-38-4-2-3-19-53-38/h5-14,20-21,25,31,38,49H,2-4,15-19,24H2,1H3,(H,46,51)(H,47,50)/b14-9+. The van der Waals surface area contributed by atoms with Crippen molar-refractivity contribution in [2.24, 2.45) is 0 Å². The van der Waals surface area contributed by atoms with Gasteiger partial charge in [-0.3, -0.25) is 4.79 Å². The smallest absolute Gasteiger partial charge is 0.407 e. The predicted octanol–water partition coefficient (Wildman–Crippen LogP) is 6.50. The van der Waals surface area contributed by atoms with E-state index in [0.717, 1.165) is 30.4 Å². The summed E-state index contributed by atoms with van der Waals surface area (Å²) in [7, 11) is 1.43. The van der Waals surface area contributed by atoms with Gasteiger partial charge in [0.15, 0.2) is 17.8 Å². The van der Waals surface area contributed by atoms with Gasteiger partial charge in [-0.2, -0.15) is 10.5 Å². The Hall–Kier alpha value is -6.48. The molecular weight excluding hydrogens is 707 g/mol. The molecule has 0 radical (unpaired) electrons. The summed E-state index contributed by atoms with van der Waals surface area (Å²) >= 11 is 0. The summed E-state index contributed by atoms with van der Waals surface area (Å²) in [4.78, 5) is 36.7. The Bertz CT molecular complexity index is 2130. The van der Waals surface area contributed by atoms with Gasteiger partial charge >= 0.3 is 6.09 Å². The highest BCUT2D eigenvalue weighted by Crippen LogP contribution is 2.41. The third-order valence-corrected chi connectivity index (χ3v) is 9.33. The number of carbonyl (C=O) groups excluding carboxylic acids is 2. The number of carbonyl (C=O) groups is 2. The first-order valence-electron chi connectivity index (χ1n) is 17.8. The van der Waals surface area contributed by atoms with Crippen LogP contribution in [0.5, 0.6) is 11.5 Å². The van der Waals surface area contributed by atoms with Gasteiger partial charge < -0.3 is 29.5 Å². The van der Waals surface area contributed by atoms with Gasteiger partial charge in [0.25, 0.3) is 5.91 Å². The van der Waals surface area contributed by atoms with Crippen molar-refractivity contribution in [3.63, 3.8) is 0 Å². The van der Waals surface area contributed by atoms with Crippen molar-refractivity contribution in [3.8, 4) is 45.9 Å². The molecule has 2 amide bonds. The first-order valence-corrected chi connectivity index (χ1v) is 17.8. The fraction of sp³-hybridized carbons (Fsp3) is 0.293. The van der Waals surface area contributed by atoms with Crippen LogP contribution in [0.25, 0.3) is 28.3 Å².